The molecule has 0 atom stereocenters. The van der Waals surface area contributed by atoms with Crippen LogP contribution in [0.1, 0.15) is 15.9 Å². The first-order valence-electron chi connectivity index (χ1n) is 4.88. The van der Waals surface area contributed by atoms with Crippen molar-refractivity contribution in [2.45, 2.75) is 6.92 Å². The number of aromatic nitrogens is 1. The topological polar surface area (TPSA) is 44.9 Å². The minimum absolute atomic E-state index is 0.160. The highest BCUT2D eigenvalue weighted by Crippen LogP contribution is 2.21. The largest absolute Gasteiger partial charge is 0.367 e. The number of aromatic amines is 1. The van der Waals surface area contributed by atoms with Gasteiger partial charge in [0, 0.05) is 12.4 Å². The van der Waals surface area contributed by atoms with Gasteiger partial charge in [0.05, 0.1) is 16.3 Å². The lowest BCUT2D eigenvalue weighted by molar-refractivity contribution is 0.102. The molecule has 0 saturated carbocycles. The third kappa shape index (κ3) is 2.09. The zero-order chi connectivity index (χ0) is 11.5. The second-order valence-electron chi connectivity index (χ2n) is 3.49. The zero-order valence-corrected chi connectivity index (χ0v) is 9.51. The van der Waals surface area contributed by atoms with Crippen molar-refractivity contribution in [3.8, 4) is 0 Å². The molecule has 0 unspecified atom stereocenters. The molecule has 2 rings (SSSR count). The van der Waals surface area contributed by atoms with E-state index in [1.54, 1.807) is 24.5 Å². The average molecular weight is 235 g/mol. The van der Waals surface area contributed by atoms with Crippen molar-refractivity contribution in [2.75, 3.05) is 5.32 Å². The minimum atomic E-state index is -0.160. The van der Waals surface area contributed by atoms with E-state index in [0.717, 1.165) is 5.56 Å². The fourth-order valence-corrected chi connectivity index (χ4v) is 1.62. The molecule has 2 N–H and O–H groups in total. The molecule has 0 radical (unpaired) electrons. The first kappa shape index (κ1) is 10.8. The molecule has 4 heteroatoms. The maximum atomic E-state index is 11.9. The molecule has 2 aromatic rings. The number of hydrogen-bond acceptors (Lipinski definition) is 1. The van der Waals surface area contributed by atoms with Gasteiger partial charge in [-0.2, -0.15) is 0 Å². The number of hydrogen-bond donors (Lipinski definition) is 2. The second-order valence-corrected chi connectivity index (χ2v) is 3.89. The van der Waals surface area contributed by atoms with Crippen molar-refractivity contribution in [3.05, 3.63) is 52.8 Å². The Morgan fingerprint density at radius 3 is 2.69 bits per heavy atom. The van der Waals surface area contributed by atoms with Crippen molar-refractivity contribution in [1.82, 2.24) is 4.98 Å². The Hall–Kier alpha value is -1.74. The lowest BCUT2D eigenvalue weighted by Gasteiger charge is -2.06. The van der Waals surface area contributed by atoms with Crippen LogP contribution >= 0.6 is 11.6 Å². The number of anilines is 1. The van der Waals surface area contributed by atoms with Crippen LogP contribution in [-0.4, -0.2) is 10.9 Å². The lowest BCUT2D eigenvalue weighted by Crippen LogP contribution is -2.12. The molecule has 0 spiro atoms. The minimum Gasteiger partial charge on any atom is -0.367 e. The summed E-state index contributed by atoms with van der Waals surface area (Å²) < 4.78 is 0. The van der Waals surface area contributed by atoms with Gasteiger partial charge >= 0.3 is 0 Å². The summed E-state index contributed by atoms with van der Waals surface area (Å²) in [5.74, 6) is -0.160. The van der Waals surface area contributed by atoms with Gasteiger partial charge in [0.25, 0.3) is 5.91 Å². The number of amides is 1. The van der Waals surface area contributed by atoms with Crippen LogP contribution in [0.3, 0.4) is 0 Å². The maximum absolute atomic E-state index is 11.9. The van der Waals surface area contributed by atoms with Gasteiger partial charge in [0.15, 0.2) is 0 Å². The number of halogens is 1. The number of aryl methyl sites for hydroxylation is 1. The van der Waals surface area contributed by atoms with Gasteiger partial charge in [0.2, 0.25) is 0 Å². The van der Waals surface area contributed by atoms with Gasteiger partial charge in [-0.05, 0) is 24.6 Å². The number of H-pyrrole nitrogens is 1. The summed E-state index contributed by atoms with van der Waals surface area (Å²) in [6.07, 6.45) is 3.45. The smallest absolute Gasteiger partial charge is 0.257 e. The van der Waals surface area contributed by atoms with E-state index in [4.69, 9.17) is 11.6 Å². The van der Waals surface area contributed by atoms with Gasteiger partial charge < -0.3 is 10.3 Å². The van der Waals surface area contributed by atoms with Crippen LogP contribution in [0.25, 0.3) is 0 Å². The highest BCUT2D eigenvalue weighted by atomic mass is 35.5. The number of benzene rings is 1. The molecule has 1 heterocycles. The van der Waals surface area contributed by atoms with Gasteiger partial charge in [-0.15, -0.1) is 0 Å². The van der Waals surface area contributed by atoms with Crippen LogP contribution in [-0.2, 0) is 0 Å². The van der Waals surface area contributed by atoms with Crippen LogP contribution in [0.15, 0.2) is 36.7 Å². The molecule has 0 aliphatic heterocycles. The van der Waals surface area contributed by atoms with Gasteiger partial charge in [0.1, 0.15) is 0 Å². The van der Waals surface area contributed by atoms with Crippen molar-refractivity contribution in [1.29, 1.82) is 0 Å². The van der Waals surface area contributed by atoms with Crippen molar-refractivity contribution in [2.24, 2.45) is 0 Å². The normalized spacial score (nSPS) is 10.1. The predicted molar refractivity (Wildman–Crippen MR) is 64.9 cm³/mol. The van der Waals surface area contributed by atoms with Gasteiger partial charge in [-0.1, -0.05) is 23.7 Å². The SMILES string of the molecule is Cc1c[nH]cc1C(=O)Nc1ccccc1Cl. The molecular weight excluding hydrogens is 224 g/mol. The fraction of sp³-hybridized carbons (Fsp3) is 0.0833. The summed E-state index contributed by atoms with van der Waals surface area (Å²) in [6, 6.07) is 7.15. The first-order chi connectivity index (χ1) is 7.68. The summed E-state index contributed by atoms with van der Waals surface area (Å²) in [5, 5.41) is 3.29. The predicted octanol–water partition coefficient (Wildman–Crippen LogP) is 3.23. The molecular formula is C12H11ClN2O. The van der Waals surface area contributed by atoms with E-state index in [1.807, 2.05) is 19.1 Å². The van der Waals surface area contributed by atoms with Crippen molar-refractivity contribution < 1.29 is 4.79 Å². The quantitative estimate of drug-likeness (QED) is 0.823. The highest BCUT2D eigenvalue weighted by molar-refractivity contribution is 6.33. The van der Waals surface area contributed by atoms with E-state index < -0.39 is 0 Å². The second kappa shape index (κ2) is 4.41. The van der Waals surface area contributed by atoms with Gasteiger partial charge in [-0.25, -0.2) is 0 Å². The highest BCUT2D eigenvalue weighted by Gasteiger charge is 2.10. The monoisotopic (exact) mass is 234 g/mol. The first-order valence-corrected chi connectivity index (χ1v) is 5.25. The molecule has 16 heavy (non-hydrogen) atoms. The molecule has 1 amide bonds. The molecule has 1 aromatic carbocycles. The summed E-state index contributed by atoms with van der Waals surface area (Å²) in [6.45, 7) is 1.87. The van der Waals surface area contributed by atoms with E-state index in [1.165, 1.54) is 0 Å². The van der Waals surface area contributed by atoms with E-state index in [0.29, 0.717) is 16.3 Å². The standard InChI is InChI=1S/C12H11ClN2O/c1-8-6-14-7-9(8)12(16)15-11-5-3-2-4-10(11)13/h2-7,14H,1H3,(H,15,16). The van der Waals surface area contributed by atoms with Crippen LogP contribution in [0.5, 0.6) is 0 Å². The summed E-state index contributed by atoms with van der Waals surface area (Å²) >= 11 is 5.95. The van der Waals surface area contributed by atoms with Crippen LogP contribution in [0.2, 0.25) is 5.02 Å². The number of carbonyl (C=O) groups is 1. The number of rotatable bonds is 2. The summed E-state index contributed by atoms with van der Waals surface area (Å²) in [7, 11) is 0. The third-order valence-electron chi connectivity index (χ3n) is 2.32. The van der Waals surface area contributed by atoms with E-state index >= 15 is 0 Å². The maximum Gasteiger partial charge on any atom is 0.257 e. The van der Waals surface area contributed by atoms with E-state index in [2.05, 4.69) is 10.3 Å². The Kier molecular flexibility index (Phi) is 2.97. The summed E-state index contributed by atoms with van der Waals surface area (Å²) in [4.78, 5) is 14.7. The van der Waals surface area contributed by atoms with Gasteiger partial charge in [-0.3, -0.25) is 4.79 Å². The molecule has 0 aliphatic carbocycles. The molecule has 0 saturated heterocycles. The Labute approximate surface area is 98.4 Å². The fourth-order valence-electron chi connectivity index (χ4n) is 1.44. The van der Waals surface area contributed by atoms with Crippen LogP contribution < -0.4 is 5.32 Å². The molecule has 3 nitrogen and oxygen atoms in total. The molecule has 0 bridgehead atoms. The van der Waals surface area contributed by atoms with Crippen molar-refractivity contribution in [3.63, 3.8) is 0 Å². The third-order valence-corrected chi connectivity index (χ3v) is 2.65. The Morgan fingerprint density at radius 2 is 2.06 bits per heavy atom. The summed E-state index contributed by atoms with van der Waals surface area (Å²) in [5.41, 5.74) is 2.15. The Bertz CT molecular complexity index is 519. The zero-order valence-electron chi connectivity index (χ0n) is 8.75. The van der Waals surface area contributed by atoms with E-state index in [-0.39, 0.29) is 5.91 Å². The molecule has 1 aromatic heterocycles. The number of carbonyl (C=O) groups excluding carboxylic acids is 1. The molecule has 82 valence electrons. The Balaban J connectivity index is 2.21. The molecule has 0 aliphatic rings. The van der Waals surface area contributed by atoms with Crippen molar-refractivity contribution >= 4 is 23.2 Å². The number of nitrogens with one attached hydrogen (secondary N) is 2. The molecule has 0 fully saturated rings. The van der Waals surface area contributed by atoms with E-state index in [9.17, 15) is 4.79 Å². The van der Waals surface area contributed by atoms with Crippen LogP contribution in [0, 0.1) is 6.92 Å². The lowest BCUT2D eigenvalue weighted by atomic mass is 10.2. The average Bonchev–Trinajstić information content (AvgIpc) is 2.68. The Morgan fingerprint density at radius 1 is 1.31 bits per heavy atom. The van der Waals surface area contributed by atoms with Crippen LogP contribution in [0.4, 0.5) is 5.69 Å². The number of para-hydroxylation sites is 1.